The number of esters is 2. The number of unbranched alkanes of at least 4 members (excludes halogenated alkanes) is 14. The third-order valence-electron chi connectivity index (χ3n) is 9.40. The molecule has 8 heteroatoms. The van der Waals surface area contributed by atoms with E-state index in [-0.39, 0.29) is 42.7 Å². The summed E-state index contributed by atoms with van der Waals surface area (Å²) >= 11 is 0. The molecule has 2 atom stereocenters. The maximum absolute atomic E-state index is 12.7. The molecule has 0 bridgehead atoms. The highest BCUT2D eigenvalue weighted by molar-refractivity contribution is 5.70. The van der Waals surface area contributed by atoms with Crippen molar-refractivity contribution in [2.45, 2.75) is 174 Å². The van der Waals surface area contributed by atoms with Gasteiger partial charge in [0.2, 0.25) is 0 Å². The van der Waals surface area contributed by atoms with Gasteiger partial charge in [-0.1, -0.05) is 151 Å². The predicted octanol–water partition coefficient (Wildman–Crippen LogP) is 10.6. The summed E-state index contributed by atoms with van der Waals surface area (Å²) in [5.41, 5.74) is 0. The summed E-state index contributed by atoms with van der Waals surface area (Å²) in [5.74, 6) is -1.78. The topological polar surface area (TPSA) is 102 Å². The van der Waals surface area contributed by atoms with Gasteiger partial charge in [0, 0.05) is 19.3 Å². The molecule has 0 radical (unpaired) electrons. The van der Waals surface area contributed by atoms with Crippen LogP contribution in [0.2, 0.25) is 0 Å². The minimum atomic E-state index is -1.13. The Kier molecular flexibility index (Phi) is 36.4. The van der Waals surface area contributed by atoms with Crippen LogP contribution in [0.25, 0.3) is 0 Å². The van der Waals surface area contributed by atoms with Crippen molar-refractivity contribution in [3.8, 4) is 0 Å². The van der Waals surface area contributed by atoms with Crippen LogP contribution >= 0.6 is 0 Å². The molecule has 8 nitrogen and oxygen atoms in total. The lowest BCUT2D eigenvalue weighted by molar-refractivity contribution is -0.889. The molecule has 0 fully saturated rings. The van der Waals surface area contributed by atoms with Crippen molar-refractivity contribution in [3.63, 3.8) is 0 Å². The molecule has 0 aromatic heterocycles. The Morgan fingerprint density at radius 1 is 0.554 bits per heavy atom. The second-order valence-corrected chi connectivity index (χ2v) is 15.6. The number of hydrogen-bond donors (Lipinski definition) is 0. The first-order chi connectivity index (χ1) is 27.1. The second kappa shape index (κ2) is 38.6. The molecule has 56 heavy (non-hydrogen) atoms. The van der Waals surface area contributed by atoms with Crippen LogP contribution in [0.1, 0.15) is 162 Å². The molecule has 0 amide bonds. The van der Waals surface area contributed by atoms with Crippen molar-refractivity contribution in [2.24, 2.45) is 0 Å². The molecule has 0 aliphatic rings. The van der Waals surface area contributed by atoms with Gasteiger partial charge in [-0.25, -0.2) is 0 Å². The number of carboxylic acids is 1. The molecule has 0 aliphatic carbocycles. The van der Waals surface area contributed by atoms with Crippen LogP contribution in [-0.4, -0.2) is 75.5 Å². The number of hydrogen-bond acceptors (Lipinski definition) is 7. The molecular formula is C48H81NO7. The molecule has 320 valence electrons. The first-order valence-electron chi connectivity index (χ1n) is 22.0. The Balaban J connectivity index is 4.36. The van der Waals surface area contributed by atoms with E-state index in [1.54, 1.807) is 21.1 Å². The van der Waals surface area contributed by atoms with Gasteiger partial charge in [0.25, 0.3) is 0 Å². The van der Waals surface area contributed by atoms with Crippen molar-refractivity contribution in [1.82, 2.24) is 0 Å². The largest absolute Gasteiger partial charge is 0.544 e. The van der Waals surface area contributed by atoms with E-state index in [4.69, 9.17) is 14.2 Å². The number of likely N-dealkylation sites (N-methyl/N-ethyl adjacent to an activating group) is 1. The number of allylic oxidation sites excluding steroid dienone is 12. The average molecular weight is 784 g/mol. The minimum Gasteiger partial charge on any atom is -0.544 e. The molecule has 0 heterocycles. The first-order valence-corrected chi connectivity index (χ1v) is 22.0. The van der Waals surface area contributed by atoms with Gasteiger partial charge in [-0.3, -0.25) is 9.59 Å². The van der Waals surface area contributed by atoms with Gasteiger partial charge in [0.05, 0.1) is 40.3 Å². The minimum absolute atomic E-state index is 0.0282. The van der Waals surface area contributed by atoms with Crippen LogP contribution in [0.15, 0.2) is 72.9 Å². The molecule has 0 aromatic carbocycles. The van der Waals surface area contributed by atoms with Gasteiger partial charge >= 0.3 is 11.9 Å². The molecule has 0 aromatic rings. The van der Waals surface area contributed by atoms with Crippen LogP contribution in [0.4, 0.5) is 0 Å². The van der Waals surface area contributed by atoms with E-state index >= 15 is 0 Å². The third kappa shape index (κ3) is 36.4. The van der Waals surface area contributed by atoms with Gasteiger partial charge in [0.1, 0.15) is 12.6 Å². The number of aliphatic carboxylic acids is 1. The monoisotopic (exact) mass is 784 g/mol. The highest BCUT2D eigenvalue weighted by atomic mass is 16.6. The first kappa shape index (κ1) is 52.8. The molecule has 2 unspecified atom stereocenters. The van der Waals surface area contributed by atoms with Crippen molar-refractivity contribution < 1.29 is 38.2 Å². The van der Waals surface area contributed by atoms with Crippen LogP contribution in [0.5, 0.6) is 0 Å². The zero-order valence-electron chi connectivity index (χ0n) is 36.3. The second-order valence-electron chi connectivity index (χ2n) is 15.6. The van der Waals surface area contributed by atoms with Crippen LogP contribution in [0, 0.1) is 0 Å². The van der Waals surface area contributed by atoms with Crippen LogP contribution < -0.4 is 5.11 Å². The van der Waals surface area contributed by atoms with E-state index in [2.05, 4.69) is 80.7 Å². The highest BCUT2D eigenvalue weighted by Gasteiger charge is 2.25. The molecular weight excluding hydrogens is 703 g/mol. The van der Waals surface area contributed by atoms with E-state index in [0.29, 0.717) is 12.8 Å². The van der Waals surface area contributed by atoms with Gasteiger partial charge in [0.15, 0.2) is 6.10 Å². The fourth-order valence-electron chi connectivity index (χ4n) is 6.03. The molecule has 0 saturated heterocycles. The predicted molar refractivity (Wildman–Crippen MR) is 231 cm³/mol. The average Bonchev–Trinajstić information content (AvgIpc) is 3.15. The van der Waals surface area contributed by atoms with Crippen molar-refractivity contribution in [2.75, 3.05) is 41.0 Å². The van der Waals surface area contributed by atoms with Gasteiger partial charge in [-0.05, 0) is 64.2 Å². The zero-order chi connectivity index (χ0) is 41.4. The lowest BCUT2D eigenvalue weighted by Gasteiger charge is -2.34. The Hall–Kier alpha value is -3.23. The smallest absolute Gasteiger partial charge is 0.306 e. The van der Waals surface area contributed by atoms with Gasteiger partial charge in [-0.15, -0.1) is 0 Å². The number of rotatable bonds is 38. The van der Waals surface area contributed by atoms with Crippen LogP contribution in [0.3, 0.4) is 0 Å². The summed E-state index contributed by atoms with van der Waals surface area (Å²) < 4.78 is 17.1. The van der Waals surface area contributed by atoms with Crippen molar-refractivity contribution >= 4 is 17.9 Å². The number of carbonyl (C=O) groups is 3. The summed E-state index contributed by atoms with van der Waals surface area (Å²) in [6, 6.07) is -0.733. The Morgan fingerprint density at radius 3 is 1.59 bits per heavy atom. The normalized spacial score (nSPS) is 13.7. The summed E-state index contributed by atoms with van der Waals surface area (Å²) in [7, 11) is 5.39. The highest BCUT2D eigenvalue weighted by Crippen LogP contribution is 2.14. The Morgan fingerprint density at radius 2 is 1.04 bits per heavy atom. The summed E-state index contributed by atoms with van der Waals surface area (Å²) in [6.45, 7) is 4.38. The fraction of sp³-hybridized carbons (Fsp3) is 0.688. The molecule has 0 aliphatic heterocycles. The molecule has 0 rings (SSSR count). The zero-order valence-corrected chi connectivity index (χ0v) is 36.3. The maximum Gasteiger partial charge on any atom is 0.306 e. The summed E-state index contributed by atoms with van der Waals surface area (Å²) in [4.78, 5) is 36.8. The Bertz CT molecular complexity index is 1140. The summed E-state index contributed by atoms with van der Waals surface area (Å²) in [5, 5.41) is 11.6. The van der Waals surface area contributed by atoms with E-state index in [0.717, 1.165) is 89.9 Å². The SMILES string of the molecule is CC/C=C/C=C/C=C/CCCCCCCC(=O)OCC(COCCC(C(=O)[O-])[N+](C)(C)C)OC(=O)CCCCCCCCCCC/C=C/C/C=C/C/C=C/CC. The lowest BCUT2D eigenvalue weighted by Crippen LogP contribution is -2.55. The number of carboxylic acid groups (broad SMARTS) is 1. The Labute approximate surface area is 342 Å². The van der Waals surface area contributed by atoms with E-state index in [9.17, 15) is 19.5 Å². The van der Waals surface area contributed by atoms with E-state index in [1.165, 1.54) is 38.5 Å². The van der Waals surface area contributed by atoms with Crippen LogP contribution in [-0.2, 0) is 28.6 Å². The fourth-order valence-corrected chi connectivity index (χ4v) is 6.03. The number of carbonyl (C=O) groups excluding carboxylic acids is 3. The number of nitrogens with zero attached hydrogens (tertiary/aromatic N) is 1. The van der Waals surface area contributed by atoms with Gasteiger partial charge in [-0.2, -0.15) is 0 Å². The number of ether oxygens (including phenoxy) is 3. The maximum atomic E-state index is 12.7. The standard InChI is InChI=1S/C48H81NO7/c1-6-8-10-12-14-16-18-20-21-22-23-24-25-27-29-31-33-35-37-39-47(51)56-44(42-54-41-40-45(48(52)53)49(3,4)5)43-55-46(50)38-36-34-32-30-28-26-19-17-15-13-11-9-7-2/h8-11,13-17,19-21,44-45H,6-7,12,18,22-43H2,1-5H3/b10-8+,11-9+,15-13+,16-14+,19-17+,21-20+. The van der Waals surface area contributed by atoms with E-state index < -0.39 is 18.1 Å². The molecule has 0 spiro atoms. The molecule has 0 saturated carbocycles. The lowest BCUT2D eigenvalue weighted by atomic mass is 10.1. The quantitative estimate of drug-likeness (QED) is 0.0202. The van der Waals surface area contributed by atoms with Gasteiger partial charge < -0.3 is 28.6 Å². The van der Waals surface area contributed by atoms with E-state index in [1.807, 2.05) is 6.08 Å². The number of quaternary nitrogens is 1. The summed E-state index contributed by atoms with van der Waals surface area (Å²) in [6.07, 6.45) is 47.8. The van der Waals surface area contributed by atoms with Crippen molar-refractivity contribution in [1.29, 1.82) is 0 Å². The van der Waals surface area contributed by atoms with Crippen molar-refractivity contribution in [3.05, 3.63) is 72.9 Å². The molecule has 0 N–H and O–H groups in total. The third-order valence-corrected chi connectivity index (χ3v) is 9.40.